The van der Waals surface area contributed by atoms with Gasteiger partial charge in [0.25, 0.3) is 0 Å². The molecule has 0 aliphatic heterocycles. The molecule has 3 aromatic rings. The van der Waals surface area contributed by atoms with Crippen LogP contribution in [-0.4, -0.2) is 17.6 Å². The molecular formula is C21H21FN2O2. The zero-order valence-electron chi connectivity index (χ0n) is 14.6. The summed E-state index contributed by atoms with van der Waals surface area (Å²) in [5, 5.41) is 2.94. The van der Waals surface area contributed by atoms with E-state index in [1.165, 1.54) is 12.1 Å². The molecule has 1 amide bonds. The molecule has 3 rings (SSSR count). The number of carbonyl (C=O) groups excluding carboxylic acids is 1. The Morgan fingerprint density at radius 3 is 2.35 bits per heavy atom. The normalized spacial score (nSPS) is 11.8. The second kappa shape index (κ2) is 8.34. The smallest absolute Gasteiger partial charge is 0.222 e. The largest absolute Gasteiger partial charge is 0.497 e. The molecule has 0 saturated heterocycles. The van der Waals surface area contributed by atoms with Gasteiger partial charge in [-0.3, -0.25) is 4.79 Å². The molecular weight excluding hydrogens is 331 g/mol. The highest BCUT2D eigenvalue weighted by atomic mass is 19.1. The van der Waals surface area contributed by atoms with Crippen LogP contribution < -0.4 is 10.1 Å². The predicted octanol–water partition coefficient (Wildman–Crippen LogP) is 3.93. The molecule has 1 unspecified atom stereocenters. The van der Waals surface area contributed by atoms with Crippen molar-refractivity contribution in [3.63, 3.8) is 0 Å². The van der Waals surface area contributed by atoms with E-state index < -0.39 is 0 Å². The van der Waals surface area contributed by atoms with Gasteiger partial charge in [0.15, 0.2) is 0 Å². The van der Waals surface area contributed by atoms with Crippen molar-refractivity contribution >= 4 is 5.91 Å². The summed E-state index contributed by atoms with van der Waals surface area (Å²) >= 11 is 0. The van der Waals surface area contributed by atoms with E-state index in [0.29, 0.717) is 6.54 Å². The van der Waals surface area contributed by atoms with Gasteiger partial charge in [-0.15, -0.1) is 0 Å². The van der Waals surface area contributed by atoms with Crippen LogP contribution in [0.3, 0.4) is 0 Å². The molecule has 5 heteroatoms. The predicted molar refractivity (Wildman–Crippen MR) is 98.4 cm³/mol. The lowest BCUT2D eigenvalue weighted by atomic mass is 10.0. The highest BCUT2D eigenvalue weighted by molar-refractivity contribution is 5.76. The fourth-order valence-corrected chi connectivity index (χ4v) is 2.83. The van der Waals surface area contributed by atoms with Crippen LogP contribution in [0.4, 0.5) is 4.39 Å². The maximum atomic E-state index is 13.2. The molecule has 0 aliphatic rings. The van der Waals surface area contributed by atoms with E-state index in [-0.39, 0.29) is 24.2 Å². The highest BCUT2D eigenvalue weighted by Crippen LogP contribution is 2.23. The minimum Gasteiger partial charge on any atom is -0.497 e. The van der Waals surface area contributed by atoms with Crippen molar-refractivity contribution in [1.82, 2.24) is 9.88 Å². The molecule has 0 fully saturated rings. The third-order valence-electron chi connectivity index (χ3n) is 4.27. The quantitative estimate of drug-likeness (QED) is 0.700. The van der Waals surface area contributed by atoms with Crippen molar-refractivity contribution < 1.29 is 13.9 Å². The number of nitrogens with zero attached hydrogens (tertiary/aromatic N) is 1. The van der Waals surface area contributed by atoms with Crippen molar-refractivity contribution in [2.75, 3.05) is 7.11 Å². The molecule has 0 saturated carbocycles. The summed E-state index contributed by atoms with van der Waals surface area (Å²) in [4.78, 5) is 12.5. The van der Waals surface area contributed by atoms with Crippen LogP contribution in [0, 0.1) is 5.82 Å². The maximum absolute atomic E-state index is 13.2. The Labute approximate surface area is 152 Å². The average molecular weight is 352 g/mol. The number of hydrogen-bond donors (Lipinski definition) is 1. The van der Waals surface area contributed by atoms with Gasteiger partial charge in [-0.1, -0.05) is 24.3 Å². The molecule has 0 bridgehead atoms. The van der Waals surface area contributed by atoms with Gasteiger partial charge in [-0.2, -0.15) is 0 Å². The van der Waals surface area contributed by atoms with E-state index in [1.54, 1.807) is 19.2 Å². The lowest BCUT2D eigenvalue weighted by Crippen LogP contribution is -2.26. The molecule has 0 aliphatic carbocycles. The van der Waals surface area contributed by atoms with E-state index in [2.05, 4.69) is 5.32 Å². The molecule has 1 atom stereocenters. The summed E-state index contributed by atoms with van der Waals surface area (Å²) in [5.41, 5.74) is 1.89. The monoisotopic (exact) mass is 352 g/mol. The average Bonchev–Trinajstić information content (AvgIpc) is 3.20. The number of aromatic nitrogens is 1. The summed E-state index contributed by atoms with van der Waals surface area (Å²) in [6.07, 6.45) is 4.09. The Bertz CT molecular complexity index is 827. The fourth-order valence-electron chi connectivity index (χ4n) is 2.83. The molecule has 1 N–H and O–H groups in total. The van der Waals surface area contributed by atoms with Gasteiger partial charge in [0, 0.05) is 18.9 Å². The Morgan fingerprint density at radius 2 is 1.73 bits per heavy atom. The standard InChI is InChI=1S/C21H21FN2O2/c1-26-19-10-4-16(5-11-19)15-23-21(25)14-20(24-12-2-3-13-24)17-6-8-18(22)9-7-17/h2-13,20H,14-15H2,1H3,(H,23,25). The topological polar surface area (TPSA) is 43.3 Å². The van der Waals surface area contributed by atoms with Crippen LogP contribution in [0.15, 0.2) is 73.1 Å². The van der Waals surface area contributed by atoms with Gasteiger partial charge in [0.2, 0.25) is 5.91 Å². The SMILES string of the molecule is COc1ccc(CNC(=O)CC(c2ccc(F)cc2)n2cccc2)cc1. The van der Waals surface area contributed by atoms with E-state index in [1.807, 2.05) is 53.4 Å². The zero-order chi connectivity index (χ0) is 18.4. The summed E-state index contributed by atoms with van der Waals surface area (Å²) in [5.74, 6) is 0.428. The number of methoxy groups -OCH3 is 1. The number of amides is 1. The summed E-state index contributed by atoms with van der Waals surface area (Å²) < 4.78 is 20.3. The summed E-state index contributed by atoms with van der Waals surface area (Å²) in [6.45, 7) is 0.449. The second-order valence-electron chi connectivity index (χ2n) is 6.03. The van der Waals surface area contributed by atoms with Crippen molar-refractivity contribution in [2.24, 2.45) is 0 Å². The number of hydrogen-bond acceptors (Lipinski definition) is 2. The van der Waals surface area contributed by atoms with Gasteiger partial charge in [0.05, 0.1) is 19.6 Å². The van der Waals surface area contributed by atoms with Gasteiger partial charge < -0.3 is 14.6 Å². The Hall–Kier alpha value is -3.08. The van der Waals surface area contributed by atoms with Crippen LogP contribution in [0.5, 0.6) is 5.75 Å². The molecule has 1 aromatic heterocycles. The third kappa shape index (κ3) is 4.51. The third-order valence-corrected chi connectivity index (χ3v) is 4.27. The van der Waals surface area contributed by atoms with Gasteiger partial charge >= 0.3 is 0 Å². The minimum atomic E-state index is -0.288. The van der Waals surface area contributed by atoms with E-state index in [0.717, 1.165) is 16.9 Å². The van der Waals surface area contributed by atoms with E-state index in [4.69, 9.17) is 4.74 Å². The number of nitrogens with one attached hydrogen (secondary N) is 1. The van der Waals surface area contributed by atoms with Gasteiger partial charge in [-0.25, -0.2) is 4.39 Å². The number of benzene rings is 2. The fraction of sp³-hybridized carbons (Fsp3) is 0.190. The van der Waals surface area contributed by atoms with Gasteiger partial charge in [-0.05, 0) is 47.5 Å². The first-order valence-corrected chi connectivity index (χ1v) is 8.43. The highest BCUT2D eigenvalue weighted by Gasteiger charge is 2.17. The lowest BCUT2D eigenvalue weighted by molar-refractivity contribution is -0.121. The van der Waals surface area contributed by atoms with Crippen LogP contribution >= 0.6 is 0 Å². The molecule has 0 radical (unpaired) electrons. The molecule has 1 heterocycles. The maximum Gasteiger partial charge on any atom is 0.222 e. The Kier molecular flexibility index (Phi) is 5.69. The second-order valence-corrected chi connectivity index (χ2v) is 6.03. The summed E-state index contributed by atoms with van der Waals surface area (Å²) in [6, 6.07) is 17.5. The molecule has 2 aromatic carbocycles. The van der Waals surface area contributed by atoms with Crippen LogP contribution in [0.2, 0.25) is 0 Å². The van der Waals surface area contributed by atoms with Crippen molar-refractivity contribution in [2.45, 2.75) is 19.0 Å². The van der Waals surface area contributed by atoms with Crippen LogP contribution in [0.1, 0.15) is 23.6 Å². The summed E-state index contributed by atoms with van der Waals surface area (Å²) in [7, 11) is 1.62. The van der Waals surface area contributed by atoms with Crippen molar-refractivity contribution in [3.8, 4) is 5.75 Å². The van der Waals surface area contributed by atoms with Crippen LogP contribution in [0.25, 0.3) is 0 Å². The molecule has 26 heavy (non-hydrogen) atoms. The van der Waals surface area contributed by atoms with E-state index in [9.17, 15) is 9.18 Å². The number of halogens is 1. The van der Waals surface area contributed by atoms with E-state index >= 15 is 0 Å². The van der Waals surface area contributed by atoms with Gasteiger partial charge in [0.1, 0.15) is 11.6 Å². The van der Waals surface area contributed by atoms with Crippen LogP contribution in [-0.2, 0) is 11.3 Å². The molecule has 0 spiro atoms. The number of rotatable bonds is 7. The Morgan fingerprint density at radius 1 is 1.08 bits per heavy atom. The first kappa shape index (κ1) is 17.7. The first-order valence-electron chi connectivity index (χ1n) is 8.43. The number of ether oxygens (including phenoxy) is 1. The zero-order valence-corrected chi connectivity index (χ0v) is 14.6. The van der Waals surface area contributed by atoms with Crippen molar-refractivity contribution in [1.29, 1.82) is 0 Å². The van der Waals surface area contributed by atoms with Crippen molar-refractivity contribution in [3.05, 3.63) is 90.0 Å². The number of carbonyl (C=O) groups is 1. The lowest BCUT2D eigenvalue weighted by Gasteiger charge is -2.19. The first-order chi connectivity index (χ1) is 12.7. The minimum absolute atomic E-state index is 0.0659. The Balaban J connectivity index is 1.66. The molecule has 4 nitrogen and oxygen atoms in total. The molecule has 134 valence electrons.